The van der Waals surface area contributed by atoms with Gasteiger partial charge in [-0.25, -0.2) is 9.99 Å². The van der Waals surface area contributed by atoms with Crippen LogP contribution in [0.3, 0.4) is 0 Å². The van der Waals surface area contributed by atoms with Crippen molar-refractivity contribution in [3.63, 3.8) is 0 Å². The number of nitrogens with zero attached hydrogens (tertiary/aromatic N) is 3. The number of amides is 1. The molecule has 35 heavy (non-hydrogen) atoms. The molecule has 1 aliphatic carbocycles. The van der Waals surface area contributed by atoms with E-state index in [-0.39, 0.29) is 23.7 Å². The molecule has 5 rings (SSSR count). The van der Waals surface area contributed by atoms with Gasteiger partial charge >= 0.3 is 5.91 Å². The number of H-pyrrole nitrogens is 1. The van der Waals surface area contributed by atoms with E-state index in [9.17, 15) is 4.79 Å². The molecule has 0 saturated carbocycles. The minimum Gasteiger partial charge on any atom is -0.468 e. The Bertz CT molecular complexity index is 1340. The fourth-order valence-electron chi connectivity index (χ4n) is 4.05. The van der Waals surface area contributed by atoms with Crippen LogP contribution in [0.4, 0.5) is 0 Å². The molecule has 2 heterocycles. The van der Waals surface area contributed by atoms with Gasteiger partial charge < -0.3 is 4.74 Å². The third-order valence-corrected chi connectivity index (χ3v) is 6.57. The predicted octanol–water partition coefficient (Wildman–Crippen LogP) is 3.66. The van der Waals surface area contributed by atoms with Crippen LogP contribution in [0.5, 0.6) is 0 Å². The maximum atomic E-state index is 12.9. The summed E-state index contributed by atoms with van der Waals surface area (Å²) in [5.74, 6) is 7.53. The maximum Gasteiger partial charge on any atom is 0.309 e. The van der Waals surface area contributed by atoms with Gasteiger partial charge in [-0.05, 0) is 17.0 Å². The van der Waals surface area contributed by atoms with Gasteiger partial charge in [-0.15, -0.1) is 5.10 Å². The molecule has 176 valence electrons. The van der Waals surface area contributed by atoms with Gasteiger partial charge in [0.05, 0.1) is 16.5 Å². The molecule has 0 spiro atoms. The van der Waals surface area contributed by atoms with E-state index >= 15 is 0 Å². The highest BCUT2D eigenvalue weighted by molar-refractivity contribution is 7.81. The number of allylic oxidation sites excluding steroid dienone is 2. The standard InChI is InChI=1S/C27H25N5O2S/c1-18-15-21(14-8-13-19-9-4-2-5-10-19)24-23(25(18)35)32(17-34-24)31-27(33)26-28-22(29-30-26)16-20-11-6-3-7-12-20/h2-7,9-12,15,18,25,35H,13,16-17H2,1H3,(H,31,33)(H,28,29,30)/t18-,25-/m0/s1. The normalized spacial score (nSPS) is 18.8. The number of carbonyl (C=O) groups excluding carboxylic acids is 1. The number of nitrogens with one attached hydrogen (secondary N) is 2. The summed E-state index contributed by atoms with van der Waals surface area (Å²) < 4.78 is 5.95. The lowest BCUT2D eigenvalue weighted by Gasteiger charge is -2.28. The third-order valence-electron chi connectivity index (χ3n) is 5.86. The molecule has 1 aliphatic heterocycles. The van der Waals surface area contributed by atoms with Crippen molar-refractivity contribution >= 4 is 18.5 Å². The molecule has 0 unspecified atom stereocenters. The van der Waals surface area contributed by atoms with Gasteiger partial charge in [0.15, 0.2) is 12.5 Å². The molecule has 2 N–H and O–H groups in total. The molecule has 0 saturated heterocycles. The van der Waals surface area contributed by atoms with Crippen LogP contribution in [0, 0.1) is 17.8 Å². The minimum absolute atomic E-state index is 0.0722. The first-order chi connectivity index (χ1) is 17.1. The summed E-state index contributed by atoms with van der Waals surface area (Å²) in [5.41, 5.74) is 6.71. The van der Waals surface area contributed by atoms with Gasteiger partial charge in [0.25, 0.3) is 0 Å². The zero-order chi connectivity index (χ0) is 24.2. The van der Waals surface area contributed by atoms with Gasteiger partial charge in [0, 0.05) is 12.8 Å². The average molecular weight is 484 g/mol. The molecule has 1 aromatic heterocycles. The van der Waals surface area contributed by atoms with Crippen LogP contribution in [0.25, 0.3) is 0 Å². The van der Waals surface area contributed by atoms with E-state index in [1.165, 1.54) is 0 Å². The lowest BCUT2D eigenvalue weighted by atomic mass is 9.93. The van der Waals surface area contributed by atoms with E-state index in [0.29, 0.717) is 24.4 Å². The second-order valence-electron chi connectivity index (χ2n) is 8.47. The highest BCUT2D eigenvalue weighted by atomic mass is 32.1. The Kier molecular flexibility index (Phi) is 6.59. The molecule has 0 fully saturated rings. The second kappa shape index (κ2) is 10.1. The van der Waals surface area contributed by atoms with Crippen molar-refractivity contribution in [3.05, 3.63) is 107 Å². The first-order valence-electron chi connectivity index (χ1n) is 11.4. The van der Waals surface area contributed by atoms with Crippen molar-refractivity contribution in [1.82, 2.24) is 25.6 Å². The first-order valence-corrected chi connectivity index (χ1v) is 11.9. The highest BCUT2D eigenvalue weighted by Gasteiger charge is 2.37. The minimum atomic E-state index is -0.419. The van der Waals surface area contributed by atoms with Gasteiger partial charge in [-0.3, -0.25) is 15.3 Å². The Balaban J connectivity index is 1.29. The molecule has 3 aromatic rings. The number of ether oxygens (including phenoxy) is 1. The number of aromatic nitrogens is 3. The molecule has 8 heteroatoms. The molecule has 7 nitrogen and oxygen atoms in total. The van der Waals surface area contributed by atoms with Crippen molar-refractivity contribution < 1.29 is 9.53 Å². The highest BCUT2D eigenvalue weighted by Crippen LogP contribution is 2.37. The van der Waals surface area contributed by atoms with Gasteiger partial charge in [-0.2, -0.15) is 12.6 Å². The van der Waals surface area contributed by atoms with Crippen molar-refractivity contribution in [2.24, 2.45) is 5.92 Å². The second-order valence-corrected chi connectivity index (χ2v) is 9.03. The summed E-state index contributed by atoms with van der Waals surface area (Å²) in [4.78, 5) is 17.3. The van der Waals surface area contributed by atoms with Crippen molar-refractivity contribution in [1.29, 1.82) is 0 Å². The molecule has 0 bridgehead atoms. The first kappa shape index (κ1) is 22.8. The van der Waals surface area contributed by atoms with Crippen molar-refractivity contribution in [3.8, 4) is 11.8 Å². The van der Waals surface area contributed by atoms with Gasteiger partial charge in [0.2, 0.25) is 5.82 Å². The quantitative estimate of drug-likeness (QED) is 0.381. The Morgan fingerprint density at radius 2 is 1.89 bits per heavy atom. The molecule has 2 atom stereocenters. The number of benzene rings is 2. The molecule has 1 amide bonds. The van der Waals surface area contributed by atoms with E-state index < -0.39 is 5.91 Å². The van der Waals surface area contributed by atoms with Crippen LogP contribution in [0.2, 0.25) is 0 Å². The molecule has 2 aromatic carbocycles. The number of thiol groups is 1. The fraction of sp³-hybridized carbons (Fsp3) is 0.222. The lowest BCUT2D eigenvalue weighted by molar-refractivity contribution is 0.0702. The van der Waals surface area contributed by atoms with Crippen LogP contribution >= 0.6 is 12.6 Å². The Hall–Kier alpha value is -3.96. The summed E-state index contributed by atoms with van der Waals surface area (Å²) in [6, 6.07) is 20.0. The summed E-state index contributed by atoms with van der Waals surface area (Å²) in [6.07, 6.45) is 3.29. The van der Waals surface area contributed by atoms with Crippen LogP contribution in [-0.2, 0) is 17.6 Å². The van der Waals surface area contributed by atoms with E-state index in [0.717, 1.165) is 22.4 Å². The average Bonchev–Trinajstić information content (AvgIpc) is 3.51. The topological polar surface area (TPSA) is 83.1 Å². The Labute approximate surface area is 209 Å². The summed E-state index contributed by atoms with van der Waals surface area (Å²) >= 11 is 4.79. The van der Waals surface area contributed by atoms with Crippen LogP contribution in [-0.4, -0.2) is 38.1 Å². The van der Waals surface area contributed by atoms with E-state index in [1.807, 2.05) is 48.5 Å². The van der Waals surface area contributed by atoms with Crippen LogP contribution in [0.15, 0.2) is 83.8 Å². The van der Waals surface area contributed by atoms with Gasteiger partial charge in [0.1, 0.15) is 5.82 Å². The fourth-order valence-corrected chi connectivity index (χ4v) is 4.39. The van der Waals surface area contributed by atoms with Crippen molar-refractivity contribution in [2.75, 3.05) is 6.73 Å². The number of hydrogen-bond acceptors (Lipinski definition) is 6. The van der Waals surface area contributed by atoms with E-state index in [1.54, 1.807) is 5.01 Å². The van der Waals surface area contributed by atoms with Crippen molar-refractivity contribution in [2.45, 2.75) is 25.0 Å². The molecule has 0 radical (unpaired) electrons. The Morgan fingerprint density at radius 1 is 1.17 bits per heavy atom. The third kappa shape index (κ3) is 5.10. The maximum absolute atomic E-state index is 12.9. The molecule has 2 aliphatic rings. The zero-order valence-electron chi connectivity index (χ0n) is 19.2. The summed E-state index contributed by atoms with van der Waals surface area (Å²) in [7, 11) is 0. The molecular formula is C27H25N5O2S. The monoisotopic (exact) mass is 483 g/mol. The summed E-state index contributed by atoms with van der Waals surface area (Å²) in [6.45, 7) is 2.24. The van der Waals surface area contributed by atoms with E-state index in [2.05, 4.69) is 57.6 Å². The van der Waals surface area contributed by atoms with E-state index in [4.69, 9.17) is 17.4 Å². The summed E-state index contributed by atoms with van der Waals surface area (Å²) in [5, 5.41) is 8.47. The van der Waals surface area contributed by atoms with Crippen LogP contribution in [0.1, 0.15) is 34.5 Å². The Morgan fingerprint density at radius 3 is 2.63 bits per heavy atom. The smallest absolute Gasteiger partial charge is 0.309 e. The predicted molar refractivity (Wildman–Crippen MR) is 136 cm³/mol. The van der Waals surface area contributed by atoms with Crippen LogP contribution < -0.4 is 5.43 Å². The zero-order valence-corrected chi connectivity index (χ0v) is 20.1. The number of rotatable bonds is 5. The number of hydrogen-bond donors (Lipinski definition) is 3. The largest absolute Gasteiger partial charge is 0.468 e. The van der Waals surface area contributed by atoms with Gasteiger partial charge in [-0.1, -0.05) is 85.5 Å². The number of aromatic amines is 1. The molecular weight excluding hydrogens is 458 g/mol. The number of carbonyl (C=O) groups is 1. The number of hydrazine groups is 1. The lowest BCUT2D eigenvalue weighted by Crippen LogP contribution is -2.43. The SMILES string of the molecule is C[C@H]1C=C(C#CCc2ccccc2)C2=C([C@H]1S)N(NC(=O)c1n[nH]c(Cc3ccccc3)n1)CO2.